The van der Waals surface area contributed by atoms with E-state index in [-0.39, 0.29) is 5.82 Å². The maximum absolute atomic E-state index is 12.9. The molecule has 0 aliphatic heterocycles. The molecule has 0 aliphatic rings. The predicted molar refractivity (Wildman–Crippen MR) is 58.2 cm³/mol. The van der Waals surface area contributed by atoms with Gasteiger partial charge in [0.25, 0.3) is 0 Å². The van der Waals surface area contributed by atoms with Crippen LogP contribution in [0.1, 0.15) is 17.0 Å². The summed E-state index contributed by atoms with van der Waals surface area (Å²) < 4.78 is 17.9. The first-order valence-electron chi connectivity index (χ1n) is 5.11. The van der Waals surface area contributed by atoms with Crippen LogP contribution in [0.15, 0.2) is 34.9 Å². The van der Waals surface area contributed by atoms with Gasteiger partial charge in [-0.05, 0) is 24.6 Å². The lowest BCUT2D eigenvalue weighted by Gasteiger charge is -2.02. The molecule has 0 amide bonds. The number of rotatable bonds is 4. The second kappa shape index (κ2) is 4.90. The summed E-state index contributed by atoms with van der Waals surface area (Å²) in [7, 11) is 0. The van der Waals surface area contributed by atoms with E-state index in [0.29, 0.717) is 13.1 Å². The van der Waals surface area contributed by atoms with Gasteiger partial charge in [0.05, 0.1) is 12.2 Å². The lowest BCUT2D eigenvalue weighted by molar-refractivity contribution is 0.369. The van der Waals surface area contributed by atoms with Crippen molar-refractivity contribution in [1.82, 2.24) is 10.5 Å². The summed E-state index contributed by atoms with van der Waals surface area (Å²) in [5.41, 5.74) is 1.78. The molecular formula is C12H13FN2O. The average Bonchev–Trinajstić information content (AvgIpc) is 2.64. The first kappa shape index (κ1) is 10.8. The normalized spacial score (nSPS) is 10.6. The van der Waals surface area contributed by atoms with Crippen LogP contribution in [-0.4, -0.2) is 5.16 Å². The minimum atomic E-state index is -0.213. The number of aryl methyl sites for hydroxylation is 1. The monoisotopic (exact) mass is 220 g/mol. The number of halogens is 1. The molecular weight excluding hydrogens is 207 g/mol. The van der Waals surface area contributed by atoms with E-state index in [4.69, 9.17) is 4.52 Å². The highest BCUT2D eigenvalue weighted by atomic mass is 19.1. The smallest absolute Gasteiger partial charge is 0.150 e. The van der Waals surface area contributed by atoms with Crippen molar-refractivity contribution in [3.63, 3.8) is 0 Å². The lowest BCUT2D eigenvalue weighted by atomic mass is 10.2. The third-order valence-corrected chi connectivity index (χ3v) is 2.19. The summed E-state index contributed by atoms with van der Waals surface area (Å²) in [5.74, 6) is 0.573. The minimum Gasteiger partial charge on any atom is -0.360 e. The Kier molecular flexibility index (Phi) is 3.31. The topological polar surface area (TPSA) is 38.1 Å². The van der Waals surface area contributed by atoms with Crippen LogP contribution < -0.4 is 5.32 Å². The first-order valence-corrected chi connectivity index (χ1v) is 5.11. The molecule has 2 aromatic rings. The van der Waals surface area contributed by atoms with Crippen LogP contribution in [0.4, 0.5) is 4.39 Å². The van der Waals surface area contributed by atoms with Crippen molar-refractivity contribution in [2.75, 3.05) is 0 Å². The molecule has 3 nitrogen and oxygen atoms in total. The average molecular weight is 220 g/mol. The summed E-state index contributed by atoms with van der Waals surface area (Å²) in [4.78, 5) is 0. The SMILES string of the molecule is Cc1cc(CNCc2cccc(F)c2)on1. The third kappa shape index (κ3) is 2.90. The molecule has 0 saturated carbocycles. The van der Waals surface area contributed by atoms with Gasteiger partial charge >= 0.3 is 0 Å². The van der Waals surface area contributed by atoms with E-state index in [1.807, 2.05) is 19.1 Å². The van der Waals surface area contributed by atoms with E-state index in [1.165, 1.54) is 12.1 Å². The highest BCUT2D eigenvalue weighted by molar-refractivity contribution is 5.16. The summed E-state index contributed by atoms with van der Waals surface area (Å²) in [6, 6.07) is 8.40. The molecule has 0 spiro atoms. The van der Waals surface area contributed by atoms with Crippen molar-refractivity contribution < 1.29 is 8.91 Å². The Hall–Kier alpha value is -1.68. The van der Waals surface area contributed by atoms with Gasteiger partial charge in [-0.15, -0.1) is 0 Å². The molecule has 0 radical (unpaired) electrons. The Morgan fingerprint density at radius 3 is 2.88 bits per heavy atom. The summed E-state index contributed by atoms with van der Waals surface area (Å²) >= 11 is 0. The minimum absolute atomic E-state index is 0.213. The van der Waals surface area contributed by atoms with E-state index >= 15 is 0 Å². The van der Waals surface area contributed by atoms with Crippen LogP contribution in [0, 0.1) is 12.7 Å². The van der Waals surface area contributed by atoms with Crippen LogP contribution in [0.2, 0.25) is 0 Å². The highest BCUT2D eigenvalue weighted by Gasteiger charge is 2.00. The molecule has 2 rings (SSSR count). The van der Waals surface area contributed by atoms with E-state index in [0.717, 1.165) is 17.0 Å². The molecule has 0 saturated heterocycles. The second-order valence-electron chi connectivity index (χ2n) is 3.67. The van der Waals surface area contributed by atoms with Crippen LogP contribution in [-0.2, 0) is 13.1 Å². The maximum atomic E-state index is 12.9. The van der Waals surface area contributed by atoms with Gasteiger partial charge < -0.3 is 9.84 Å². The Morgan fingerprint density at radius 2 is 2.19 bits per heavy atom. The lowest BCUT2D eigenvalue weighted by Crippen LogP contribution is -2.12. The molecule has 1 aromatic heterocycles. The van der Waals surface area contributed by atoms with Crippen molar-refractivity contribution in [3.8, 4) is 0 Å². The molecule has 0 unspecified atom stereocenters. The van der Waals surface area contributed by atoms with Crippen molar-refractivity contribution >= 4 is 0 Å². The van der Waals surface area contributed by atoms with Gasteiger partial charge in [-0.3, -0.25) is 0 Å². The molecule has 84 valence electrons. The number of nitrogens with one attached hydrogen (secondary N) is 1. The quantitative estimate of drug-likeness (QED) is 0.859. The number of hydrogen-bond acceptors (Lipinski definition) is 3. The maximum Gasteiger partial charge on any atom is 0.150 e. The number of benzene rings is 1. The van der Waals surface area contributed by atoms with Gasteiger partial charge in [0.15, 0.2) is 5.76 Å². The summed E-state index contributed by atoms with van der Waals surface area (Å²) in [6.07, 6.45) is 0. The van der Waals surface area contributed by atoms with E-state index in [9.17, 15) is 4.39 Å². The fourth-order valence-corrected chi connectivity index (χ4v) is 1.48. The zero-order chi connectivity index (χ0) is 11.4. The van der Waals surface area contributed by atoms with Gasteiger partial charge in [-0.25, -0.2) is 4.39 Å². The van der Waals surface area contributed by atoms with Gasteiger partial charge in [0.1, 0.15) is 5.82 Å². The molecule has 1 aromatic carbocycles. The Balaban J connectivity index is 1.84. The summed E-state index contributed by atoms with van der Waals surface area (Å²) in [6.45, 7) is 3.08. The molecule has 0 atom stereocenters. The summed E-state index contributed by atoms with van der Waals surface area (Å²) in [5, 5.41) is 6.94. The third-order valence-electron chi connectivity index (χ3n) is 2.19. The van der Waals surface area contributed by atoms with Crippen LogP contribution in [0.25, 0.3) is 0 Å². The largest absolute Gasteiger partial charge is 0.360 e. The van der Waals surface area contributed by atoms with Gasteiger partial charge in [-0.2, -0.15) is 0 Å². The van der Waals surface area contributed by atoms with Crippen LogP contribution in [0.5, 0.6) is 0 Å². The van der Waals surface area contributed by atoms with E-state index in [1.54, 1.807) is 6.07 Å². The molecule has 0 aliphatic carbocycles. The number of nitrogens with zero attached hydrogens (tertiary/aromatic N) is 1. The van der Waals surface area contributed by atoms with Gasteiger partial charge in [0, 0.05) is 12.6 Å². The Morgan fingerprint density at radius 1 is 1.31 bits per heavy atom. The molecule has 1 N–H and O–H groups in total. The molecule has 0 fully saturated rings. The Bertz CT molecular complexity index is 468. The van der Waals surface area contributed by atoms with E-state index in [2.05, 4.69) is 10.5 Å². The van der Waals surface area contributed by atoms with Crippen molar-refractivity contribution in [2.24, 2.45) is 0 Å². The first-order chi connectivity index (χ1) is 7.74. The Labute approximate surface area is 93.3 Å². The van der Waals surface area contributed by atoms with Crippen LogP contribution in [0.3, 0.4) is 0 Å². The van der Waals surface area contributed by atoms with Crippen molar-refractivity contribution in [3.05, 3.63) is 53.2 Å². The number of aromatic nitrogens is 1. The standard InChI is InChI=1S/C12H13FN2O/c1-9-5-12(16-15-9)8-14-7-10-3-2-4-11(13)6-10/h2-6,14H,7-8H2,1H3. The zero-order valence-corrected chi connectivity index (χ0v) is 9.03. The highest BCUT2D eigenvalue weighted by Crippen LogP contribution is 2.05. The fourth-order valence-electron chi connectivity index (χ4n) is 1.48. The number of hydrogen-bond donors (Lipinski definition) is 1. The second-order valence-corrected chi connectivity index (χ2v) is 3.67. The van der Waals surface area contributed by atoms with Crippen molar-refractivity contribution in [2.45, 2.75) is 20.0 Å². The molecule has 4 heteroatoms. The molecule has 16 heavy (non-hydrogen) atoms. The van der Waals surface area contributed by atoms with Gasteiger partial charge in [-0.1, -0.05) is 17.3 Å². The predicted octanol–water partition coefficient (Wildman–Crippen LogP) is 2.41. The van der Waals surface area contributed by atoms with Crippen LogP contribution >= 0.6 is 0 Å². The zero-order valence-electron chi connectivity index (χ0n) is 9.03. The van der Waals surface area contributed by atoms with Gasteiger partial charge in [0.2, 0.25) is 0 Å². The fraction of sp³-hybridized carbons (Fsp3) is 0.250. The van der Waals surface area contributed by atoms with E-state index < -0.39 is 0 Å². The van der Waals surface area contributed by atoms with Crippen molar-refractivity contribution in [1.29, 1.82) is 0 Å². The molecule has 1 heterocycles. The molecule has 0 bridgehead atoms.